The Morgan fingerprint density at radius 1 is 0.444 bits per heavy atom. The van der Waals surface area contributed by atoms with Crippen molar-refractivity contribution in [1.82, 2.24) is 0 Å². The summed E-state index contributed by atoms with van der Waals surface area (Å²) in [5.41, 5.74) is -2.41. The van der Waals surface area contributed by atoms with E-state index in [9.17, 15) is 59.6 Å². The zero-order valence-electron chi connectivity index (χ0n) is 27.0. The van der Waals surface area contributed by atoms with E-state index in [1.54, 1.807) is 0 Å². The van der Waals surface area contributed by atoms with Gasteiger partial charge in [-0.15, -0.1) is 0 Å². The summed E-state index contributed by atoms with van der Waals surface area (Å²) < 4.78 is 27.9. The van der Waals surface area contributed by atoms with E-state index in [4.69, 9.17) is 23.7 Å². The number of benzene rings is 4. The lowest BCUT2D eigenvalue weighted by Crippen LogP contribution is -2.58. The lowest BCUT2D eigenvalue weighted by molar-refractivity contribution is -0.385. The fourth-order valence-electron chi connectivity index (χ4n) is 4.85. The van der Waals surface area contributed by atoms with E-state index < -0.39 is 74.8 Å². The summed E-state index contributed by atoms with van der Waals surface area (Å²) in [5, 5.41) is 44.4. The van der Waals surface area contributed by atoms with Crippen LogP contribution in [0.4, 0.5) is 22.7 Å². The number of nitro benzene ring substituents is 4. The maximum atomic E-state index is 13.4. The van der Waals surface area contributed by atoms with Crippen LogP contribution in [-0.4, -0.2) is 74.8 Å². The topological polar surface area (TPSA) is 287 Å². The Morgan fingerprint density at radius 2 is 0.722 bits per heavy atom. The van der Waals surface area contributed by atoms with Crippen LogP contribution in [-0.2, 0) is 23.7 Å². The van der Waals surface area contributed by atoms with E-state index >= 15 is 0 Å². The highest BCUT2D eigenvalue weighted by molar-refractivity contribution is 5.92. The van der Waals surface area contributed by atoms with Gasteiger partial charge in [0.05, 0.1) is 48.6 Å². The first-order valence-electron chi connectivity index (χ1n) is 15.1. The predicted molar refractivity (Wildman–Crippen MR) is 175 cm³/mol. The average molecular weight is 747 g/mol. The minimum atomic E-state index is -1.97. The summed E-state index contributed by atoms with van der Waals surface area (Å²) in [6.07, 6.45) is -7.43. The van der Waals surface area contributed by atoms with Crippen molar-refractivity contribution in [3.05, 3.63) is 160 Å². The lowest BCUT2D eigenvalue weighted by atomic mass is 10.0. The van der Waals surface area contributed by atoms with Crippen LogP contribution >= 0.6 is 0 Å². The van der Waals surface area contributed by atoms with Crippen molar-refractivity contribution in [2.45, 2.75) is 24.6 Å². The van der Waals surface area contributed by atoms with Gasteiger partial charge in [0.25, 0.3) is 22.7 Å². The van der Waals surface area contributed by atoms with Crippen molar-refractivity contribution in [3.8, 4) is 0 Å². The highest BCUT2D eigenvalue weighted by atomic mass is 16.7. The third-order valence-corrected chi connectivity index (χ3v) is 7.61. The van der Waals surface area contributed by atoms with Gasteiger partial charge in [-0.1, -0.05) is 0 Å². The quantitative estimate of drug-likeness (QED) is 0.0833. The number of carbonyl (C=O) groups is 4. The molecule has 1 saturated heterocycles. The van der Waals surface area contributed by atoms with E-state index in [-0.39, 0.29) is 45.0 Å². The number of rotatable bonds is 12. The smallest absolute Gasteiger partial charge is 0.340 e. The third kappa shape index (κ3) is 8.78. The minimum Gasteiger partial charge on any atom is -0.452 e. The summed E-state index contributed by atoms with van der Waals surface area (Å²) in [6, 6.07) is 16.4. The van der Waals surface area contributed by atoms with E-state index in [1.807, 2.05) is 0 Å². The first-order chi connectivity index (χ1) is 25.7. The van der Waals surface area contributed by atoms with Crippen molar-refractivity contribution in [3.63, 3.8) is 0 Å². The van der Waals surface area contributed by atoms with Crippen molar-refractivity contribution >= 4 is 46.6 Å². The highest BCUT2D eigenvalue weighted by Crippen LogP contribution is 2.29. The number of esters is 4. The standard InChI is InChI=1S/C33H22N4O17/c38-29(18-1-9-22(10-2-18)34(42)43)51-26-17-50-33(54-32(41)21-7-15-25(16-8-21)37(48)49)28(53-31(40)20-5-13-24(14-6-20)36(46)47)27(26)52-30(39)19-3-11-23(12-4-19)35(44)45/h1-16,26-28,33H,17H2/t26-,27-,28+,33+/m1/s1. The Labute approximate surface area is 300 Å². The molecule has 1 aliphatic rings. The van der Waals surface area contributed by atoms with Gasteiger partial charge in [0.2, 0.25) is 12.4 Å². The van der Waals surface area contributed by atoms with Crippen LogP contribution < -0.4 is 0 Å². The molecule has 0 aliphatic carbocycles. The lowest BCUT2D eigenvalue weighted by Gasteiger charge is -2.40. The Kier molecular flexibility index (Phi) is 11.2. The first kappa shape index (κ1) is 37.6. The molecule has 21 heteroatoms. The molecule has 0 radical (unpaired) electrons. The molecular formula is C33H22N4O17. The largest absolute Gasteiger partial charge is 0.452 e. The molecule has 5 rings (SSSR count). The second-order valence-electron chi connectivity index (χ2n) is 11.0. The normalized spacial score (nSPS) is 17.6. The maximum Gasteiger partial charge on any atom is 0.340 e. The van der Waals surface area contributed by atoms with Crippen LogP contribution in [0.1, 0.15) is 41.4 Å². The fourth-order valence-corrected chi connectivity index (χ4v) is 4.85. The number of hydrogen-bond donors (Lipinski definition) is 0. The Balaban J connectivity index is 1.51. The fraction of sp³-hybridized carbons (Fsp3) is 0.152. The van der Waals surface area contributed by atoms with Crippen LogP contribution in [0, 0.1) is 40.5 Å². The molecule has 4 atom stereocenters. The molecule has 54 heavy (non-hydrogen) atoms. The van der Waals surface area contributed by atoms with Gasteiger partial charge in [-0.25, -0.2) is 19.2 Å². The van der Waals surface area contributed by atoms with Crippen LogP contribution in [0.5, 0.6) is 0 Å². The van der Waals surface area contributed by atoms with Gasteiger partial charge in [-0.05, 0) is 48.5 Å². The van der Waals surface area contributed by atoms with Crippen molar-refractivity contribution in [2.24, 2.45) is 0 Å². The molecule has 1 fully saturated rings. The number of non-ortho nitro benzene ring substituents is 4. The molecule has 276 valence electrons. The van der Waals surface area contributed by atoms with Crippen LogP contribution in [0.3, 0.4) is 0 Å². The summed E-state index contributed by atoms with van der Waals surface area (Å²) in [4.78, 5) is 94.8. The summed E-state index contributed by atoms with van der Waals surface area (Å²) in [7, 11) is 0. The highest BCUT2D eigenvalue weighted by Gasteiger charge is 2.50. The Bertz CT molecular complexity index is 1970. The van der Waals surface area contributed by atoms with Gasteiger partial charge >= 0.3 is 23.9 Å². The molecule has 1 heterocycles. The Morgan fingerprint density at radius 3 is 1.04 bits per heavy atom. The molecule has 0 N–H and O–H groups in total. The molecule has 0 unspecified atom stereocenters. The number of nitro groups is 4. The molecule has 0 aromatic heterocycles. The number of nitrogens with zero attached hydrogens (tertiary/aromatic N) is 4. The number of carbonyl (C=O) groups excluding carboxylic acids is 4. The molecule has 0 saturated carbocycles. The summed E-state index contributed by atoms with van der Waals surface area (Å²) in [5.74, 6) is -4.68. The monoisotopic (exact) mass is 746 g/mol. The average Bonchev–Trinajstić information content (AvgIpc) is 3.16. The van der Waals surface area contributed by atoms with Crippen molar-refractivity contribution in [2.75, 3.05) is 6.61 Å². The van der Waals surface area contributed by atoms with Gasteiger partial charge in [0, 0.05) is 48.5 Å². The predicted octanol–water partition coefficient (Wildman–Crippen LogP) is 4.51. The van der Waals surface area contributed by atoms with Gasteiger partial charge in [-0.2, -0.15) is 0 Å². The molecule has 0 bridgehead atoms. The molecule has 21 nitrogen and oxygen atoms in total. The van der Waals surface area contributed by atoms with E-state index in [0.717, 1.165) is 97.1 Å². The van der Waals surface area contributed by atoms with E-state index in [1.165, 1.54) is 0 Å². The van der Waals surface area contributed by atoms with E-state index in [0.29, 0.717) is 0 Å². The SMILES string of the molecule is O=C(O[C@@H]1OC[C@@H](OC(=O)c2ccc([N+](=O)[O-])cc2)[C@@H](OC(=O)c2ccc([N+](=O)[O-])cc2)[C@@H]1OC(=O)c1ccc([N+](=O)[O-])cc1)c1ccc([N+](=O)[O-])cc1. The van der Waals surface area contributed by atoms with Crippen molar-refractivity contribution in [1.29, 1.82) is 0 Å². The second-order valence-corrected chi connectivity index (χ2v) is 11.0. The van der Waals surface area contributed by atoms with Gasteiger partial charge in [0.15, 0.2) is 12.2 Å². The van der Waals surface area contributed by atoms with Crippen LogP contribution in [0.15, 0.2) is 97.1 Å². The van der Waals surface area contributed by atoms with Crippen molar-refractivity contribution < 1.29 is 62.6 Å². The van der Waals surface area contributed by atoms with E-state index in [2.05, 4.69) is 0 Å². The first-order valence-corrected chi connectivity index (χ1v) is 15.1. The van der Waals surface area contributed by atoms with Crippen LogP contribution in [0.25, 0.3) is 0 Å². The van der Waals surface area contributed by atoms with Gasteiger partial charge < -0.3 is 23.7 Å². The molecular weight excluding hydrogens is 724 g/mol. The number of hydrogen-bond acceptors (Lipinski definition) is 17. The minimum absolute atomic E-state index is 0.202. The zero-order chi connectivity index (χ0) is 39.1. The summed E-state index contributed by atoms with van der Waals surface area (Å²) in [6.45, 7) is -0.694. The van der Waals surface area contributed by atoms with Crippen LogP contribution in [0.2, 0.25) is 0 Å². The summed E-state index contributed by atoms with van der Waals surface area (Å²) >= 11 is 0. The Hall–Kier alpha value is -7.68. The molecule has 0 spiro atoms. The third-order valence-electron chi connectivity index (χ3n) is 7.61. The number of ether oxygens (including phenoxy) is 5. The van der Waals surface area contributed by atoms with Gasteiger partial charge in [0.1, 0.15) is 0 Å². The zero-order valence-corrected chi connectivity index (χ0v) is 27.0. The molecule has 0 amide bonds. The maximum absolute atomic E-state index is 13.4. The molecule has 1 aliphatic heterocycles. The molecule has 4 aromatic carbocycles. The second kappa shape index (κ2) is 16.1. The molecule has 4 aromatic rings. The van der Waals surface area contributed by atoms with Gasteiger partial charge in [-0.3, -0.25) is 40.5 Å².